The summed E-state index contributed by atoms with van der Waals surface area (Å²) in [5.74, 6) is 2.75. The largest absolute Gasteiger partial charge is 0.0800 e. The topological polar surface area (TPSA) is 0 Å². The van der Waals surface area contributed by atoms with Crippen molar-refractivity contribution < 1.29 is 0 Å². The third kappa shape index (κ3) is 1.43. The van der Waals surface area contributed by atoms with E-state index < -0.39 is 0 Å². The zero-order valence-electron chi connectivity index (χ0n) is 10.4. The van der Waals surface area contributed by atoms with Gasteiger partial charge >= 0.3 is 0 Å². The summed E-state index contributed by atoms with van der Waals surface area (Å²) in [6.45, 7) is 0. The van der Waals surface area contributed by atoms with Crippen LogP contribution in [0.25, 0.3) is 0 Å². The molecule has 0 amide bonds. The van der Waals surface area contributed by atoms with Crippen LogP contribution in [0.2, 0.25) is 0 Å². The van der Waals surface area contributed by atoms with E-state index in [0.29, 0.717) is 0 Å². The monoisotopic (exact) mass is 224 g/mol. The maximum atomic E-state index is 2.58. The average molecular weight is 224 g/mol. The average Bonchev–Trinajstić information content (AvgIpc) is 2.86. The molecule has 88 valence electrons. The molecule has 2 saturated carbocycles. The molecule has 17 heavy (non-hydrogen) atoms. The second-order valence-electron chi connectivity index (χ2n) is 6.03. The van der Waals surface area contributed by atoms with E-state index in [1.165, 1.54) is 38.5 Å². The molecule has 3 aliphatic rings. The normalized spacial score (nSPS) is 34.6. The fraction of sp³-hybridized carbons (Fsp3) is 0.529. The minimum Gasteiger partial charge on any atom is -0.0800 e. The number of hydrogen-bond acceptors (Lipinski definition) is 0. The Hall–Kier alpha value is -1.04. The highest BCUT2D eigenvalue weighted by Crippen LogP contribution is 2.52. The summed E-state index contributed by atoms with van der Waals surface area (Å²) in [6.07, 6.45) is 11.1. The number of allylic oxidation sites excluding steroid dienone is 2. The van der Waals surface area contributed by atoms with E-state index in [0.717, 1.165) is 17.8 Å². The lowest BCUT2D eigenvalue weighted by atomic mass is 9.66. The molecule has 0 radical (unpaired) electrons. The molecule has 0 aromatic heterocycles. The Morgan fingerprint density at radius 1 is 0.941 bits per heavy atom. The standard InChI is InChI=1S/C17H20/c1-2-6-14-12(4-1)8-10-17-15-7-3-5-13(15)9-11-16(14)17/h1-2,4,6,10,13,15-16H,3,5,7-9,11H2/t13-,15+,16+/m0/s1. The Balaban J connectivity index is 1.76. The van der Waals surface area contributed by atoms with Gasteiger partial charge in [0.05, 0.1) is 0 Å². The number of rotatable bonds is 0. The van der Waals surface area contributed by atoms with Gasteiger partial charge in [0.25, 0.3) is 0 Å². The van der Waals surface area contributed by atoms with Crippen molar-refractivity contribution in [1.29, 1.82) is 0 Å². The Labute approximate surface area is 104 Å². The lowest BCUT2D eigenvalue weighted by Gasteiger charge is -2.38. The lowest BCUT2D eigenvalue weighted by molar-refractivity contribution is 0.323. The number of hydrogen-bond donors (Lipinski definition) is 0. The van der Waals surface area contributed by atoms with Crippen LogP contribution in [0.5, 0.6) is 0 Å². The first-order chi connectivity index (χ1) is 8.43. The Morgan fingerprint density at radius 3 is 2.88 bits per heavy atom. The van der Waals surface area contributed by atoms with Gasteiger partial charge in [-0.25, -0.2) is 0 Å². The van der Waals surface area contributed by atoms with E-state index in [9.17, 15) is 0 Å². The summed E-state index contributed by atoms with van der Waals surface area (Å²) < 4.78 is 0. The predicted molar refractivity (Wildman–Crippen MR) is 71.0 cm³/mol. The highest BCUT2D eigenvalue weighted by molar-refractivity contribution is 5.43. The predicted octanol–water partition coefficient (Wildman–Crippen LogP) is 4.46. The summed E-state index contributed by atoms with van der Waals surface area (Å²) in [5, 5.41) is 0. The van der Waals surface area contributed by atoms with Crippen LogP contribution in [0.1, 0.15) is 49.1 Å². The molecule has 1 aromatic rings. The van der Waals surface area contributed by atoms with Gasteiger partial charge < -0.3 is 0 Å². The van der Waals surface area contributed by atoms with Crippen molar-refractivity contribution in [2.24, 2.45) is 11.8 Å². The molecule has 0 bridgehead atoms. The summed E-state index contributed by atoms with van der Waals surface area (Å²) >= 11 is 0. The van der Waals surface area contributed by atoms with Crippen molar-refractivity contribution in [3.63, 3.8) is 0 Å². The van der Waals surface area contributed by atoms with Gasteiger partial charge in [-0.05, 0) is 55.1 Å². The molecule has 0 nitrogen and oxygen atoms in total. The molecule has 0 spiro atoms. The van der Waals surface area contributed by atoms with E-state index in [2.05, 4.69) is 30.3 Å². The maximum absolute atomic E-state index is 2.58. The molecular weight excluding hydrogens is 204 g/mol. The van der Waals surface area contributed by atoms with Crippen molar-refractivity contribution >= 4 is 0 Å². The molecular formula is C17H20. The molecule has 0 heteroatoms. The molecule has 0 saturated heterocycles. The van der Waals surface area contributed by atoms with Crippen molar-refractivity contribution in [2.75, 3.05) is 0 Å². The molecule has 0 heterocycles. The van der Waals surface area contributed by atoms with Crippen LogP contribution in [0.3, 0.4) is 0 Å². The quantitative estimate of drug-likeness (QED) is 0.571. The number of fused-ring (bicyclic) bond motifs is 5. The minimum atomic E-state index is 0.777. The second kappa shape index (κ2) is 3.73. The van der Waals surface area contributed by atoms with E-state index in [1.54, 1.807) is 11.1 Å². The van der Waals surface area contributed by atoms with Crippen LogP contribution < -0.4 is 0 Å². The van der Waals surface area contributed by atoms with Crippen LogP contribution >= 0.6 is 0 Å². The minimum absolute atomic E-state index is 0.777. The number of benzene rings is 1. The van der Waals surface area contributed by atoms with E-state index >= 15 is 0 Å². The summed E-state index contributed by atoms with van der Waals surface area (Å²) in [5.41, 5.74) is 5.05. The van der Waals surface area contributed by atoms with Gasteiger partial charge in [0.15, 0.2) is 0 Å². The Bertz CT molecular complexity index is 469. The van der Waals surface area contributed by atoms with Crippen molar-refractivity contribution in [2.45, 2.75) is 44.4 Å². The zero-order valence-corrected chi connectivity index (χ0v) is 10.4. The second-order valence-corrected chi connectivity index (χ2v) is 6.03. The summed E-state index contributed by atoms with van der Waals surface area (Å²) in [4.78, 5) is 0. The molecule has 4 rings (SSSR count). The van der Waals surface area contributed by atoms with Gasteiger partial charge in [-0.1, -0.05) is 42.3 Å². The van der Waals surface area contributed by atoms with Gasteiger partial charge in [-0.15, -0.1) is 0 Å². The van der Waals surface area contributed by atoms with Gasteiger partial charge in [0, 0.05) is 5.92 Å². The fourth-order valence-corrected chi connectivity index (χ4v) is 4.54. The fourth-order valence-electron chi connectivity index (χ4n) is 4.54. The van der Waals surface area contributed by atoms with E-state index in [-0.39, 0.29) is 0 Å². The van der Waals surface area contributed by atoms with Gasteiger partial charge in [-0.2, -0.15) is 0 Å². The maximum Gasteiger partial charge on any atom is 0.00540 e. The molecule has 0 aliphatic heterocycles. The van der Waals surface area contributed by atoms with Crippen molar-refractivity contribution in [1.82, 2.24) is 0 Å². The molecule has 2 fully saturated rings. The Kier molecular flexibility index (Phi) is 2.18. The van der Waals surface area contributed by atoms with Crippen LogP contribution in [0, 0.1) is 11.8 Å². The van der Waals surface area contributed by atoms with E-state index in [1.807, 2.05) is 5.57 Å². The smallest absolute Gasteiger partial charge is 0.00540 e. The molecule has 1 aromatic carbocycles. The van der Waals surface area contributed by atoms with Crippen LogP contribution in [0.4, 0.5) is 0 Å². The molecule has 3 aliphatic carbocycles. The van der Waals surface area contributed by atoms with Crippen LogP contribution in [0.15, 0.2) is 35.9 Å². The molecule has 0 N–H and O–H groups in total. The lowest BCUT2D eigenvalue weighted by Crippen LogP contribution is -2.25. The molecule has 0 unspecified atom stereocenters. The van der Waals surface area contributed by atoms with Crippen LogP contribution in [-0.4, -0.2) is 0 Å². The highest BCUT2D eigenvalue weighted by Gasteiger charge is 2.39. The van der Waals surface area contributed by atoms with Crippen molar-refractivity contribution in [3.05, 3.63) is 47.0 Å². The first kappa shape index (κ1) is 9.94. The third-order valence-electron chi connectivity index (χ3n) is 5.30. The highest BCUT2D eigenvalue weighted by atomic mass is 14.4. The molecule has 3 atom stereocenters. The van der Waals surface area contributed by atoms with Crippen molar-refractivity contribution in [3.8, 4) is 0 Å². The van der Waals surface area contributed by atoms with E-state index in [4.69, 9.17) is 0 Å². The Morgan fingerprint density at radius 2 is 1.88 bits per heavy atom. The first-order valence-electron chi connectivity index (χ1n) is 7.21. The SMILES string of the molecule is C1=C2[C@H](CC[C@@H]3CCC[C@@H]23)c2ccccc2C1. The zero-order chi connectivity index (χ0) is 11.2. The van der Waals surface area contributed by atoms with Gasteiger partial charge in [-0.3, -0.25) is 0 Å². The van der Waals surface area contributed by atoms with Crippen LogP contribution in [-0.2, 0) is 6.42 Å². The third-order valence-corrected chi connectivity index (χ3v) is 5.30. The van der Waals surface area contributed by atoms with Gasteiger partial charge in [0.2, 0.25) is 0 Å². The first-order valence-corrected chi connectivity index (χ1v) is 7.21. The van der Waals surface area contributed by atoms with Gasteiger partial charge in [0.1, 0.15) is 0 Å². The summed E-state index contributed by atoms with van der Waals surface area (Å²) in [7, 11) is 0. The summed E-state index contributed by atoms with van der Waals surface area (Å²) in [6, 6.07) is 9.12.